The van der Waals surface area contributed by atoms with Crippen molar-refractivity contribution in [2.24, 2.45) is 0 Å². The summed E-state index contributed by atoms with van der Waals surface area (Å²) < 4.78 is 43.5. The standard InChI is InChI=1S/C38H45NO7/c1-6-16-38(17-7-1)39-37(28-46-38)26-42-20-18-40-22-24-44-33-14-12-29-8-2-4-10-31(29)35(33)36-32-11-5-3-9-30(32)13-15-34(36)45-25-23-41-19-21-43-27-37/h2-5,8-15,39H,1,6-7,16-28H2. The first-order valence-corrected chi connectivity index (χ1v) is 16.8. The van der Waals surface area contributed by atoms with Crippen LogP contribution in [0.1, 0.15) is 32.1 Å². The Morgan fingerprint density at radius 3 is 1.54 bits per heavy atom. The van der Waals surface area contributed by atoms with E-state index >= 15 is 0 Å². The lowest BCUT2D eigenvalue weighted by Crippen LogP contribution is -2.57. The molecule has 46 heavy (non-hydrogen) atoms. The highest BCUT2D eigenvalue weighted by molar-refractivity contribution is 6.09. The molecule has 244 valence electrons. The molecule has 7 rings (SSSR count). The third kappa shape index (κ3) is 7.03. The zero-order valence-electron chi connectivity index (χ0n) is 26.6. The van der Waals surface area contributed by atoms with E-state index in [-0.39, 0.29) is 11.3 Å². The number of hydrogen-bond acceptors (Lipinski definition) is 8. The lowest BCUT2D eigenvalue weighted by molar-refractivity contribution is -0.0387. The van der Waals surface area contributed by atoms with E-state index in [0.29, 0.717) is 72.7 Å². The fourth-order valence-electron chi connectivity index (χ4n) is 7.08. The first kappa shape index (κ1) is 31.4. The fourth-order valence-corrected chi connectivity index (χ4v) is 7.08. The average Bonchev–Trinajstić information content (AvgIpc) is 3.43. The lowest BCUT2D eigenvalue weighted by atomic mass is 9.90. The largest absolute Gasteiger partial charge is 0.491 e. The molecule has 0 unspecified atom stereocenters. The Morgan fingerprint density at radius 2 is 0.978 bits per heavy atom. The van der Waals surface area contributed by atoms with Crippen molar-refractivity contribution in [1.29, 1.82) is 0 Å². The topological polar surface area (TPSA) is 76.6 Å². The molecule has 0 bridgehead atoms. The molecular weight excluding hydrogens is 582 g/mol. The minimum atomic E-state index is -0.388. The van der Waals surface area contributed by atoms with Gasteiger partial charge >= 0.3 is 0 Å². The predicted octanol–water partition coefficient (Wildman–Crippen LogP) is 6.52. The molecule has 8 heteroatoms. The van der Waals surface area contributed by atoms with Crippen molar-refractivity contribution in [1.82, 2.24) is 5.32 Å². The van der Waals surface area contributed by atoms with E-state index in [0.717, 1.165) is 57.0 Å². The number of ether oxygens (including phenoxy) is 7. The normalized spacial score (nSPS) is 21.6. The lowest BCUT2D eigenvalue weighted by Gasteiger charge is -2.36. The van der Waals surface area contributed by atoms with Crippen LogP contribution < -0.4 is 14.8 Å². The van der Waals surface area contributed by atoms with Crippen LogP contribution in [-0.4, -0.2) is 83.9 Å². The summed E-state index contributed by atoms with van der Waals surface area (Å²) >= 11 is 0. The summed E-state index contributed by atoms with van der Waals surface area (Å²) in [5.41, 5.74) is 1.38. The summed E-state index contributed by atoms with van der Waals surface area (Å²) in [6, 6.07) is 25.2. The Bertz CT molecular complexity index is 1500. The highest BCUT2D eigenvalue weighted by atomic mass is 16.6. The van der Waals surface area contributed by atoms with Crippen molar-refractivity contribution in [3.05, 3.63) is 72.8 Å². The van der Waals surface area contributed by atoms with Gasteiger partial charge < -0.3 is 33.2 Å². The molecule has 4 aromatic carbocycles. The molecule has 1 N–H and O–H groups in total. The van der Waals surface area contributed by atoms with Crippen molar-refractivity contribution in [3.8, 4) is 22.6 Å². The molecule has 0 amide bonds. The zero-order chi connectivity index (χ0) is 31.1. The Morgan fingerprint density at radius 1 is 0.478 bits per heavy atom. The molecule has 4 aromatic rings. The molecule has 1 saturated heterocycles. The molecule has 0 radical (unpaired) electrons. The molecule has 0 aromatic heterocycles. The molecule has 2 aliphatic heterocycles. The van der Waals surface area contributed by atoms with Gasteiger partial charge in [-0.2, -0.15) is 0 Å². The molecule has 1 saturated carbocycles. The zero-order valence-corrected chi connectivity index (χ0v) is 26.6. The fraction of sp³-hybridized carbons (Fsp3) is 0.474. The van der Waals surface area contributed by atoms with Crippen molar-refractivity contribution in [2.75, 3.05) is 72.7 Å². The average molecular weight is 628 g/mol. The highest BCUT2D eigenvalue weighted by Gasteiger charge is 2.49. The van der Waals surface area contributed by atoms with Gasteiger partial charge in [0.05, 0.1) is 65.0 Å². The maximum Gasteiger partial charge on any atom is 0.128 e. The quantitative estimate of drug-likeness (QED) is 0.236. The molecule has 2 spiro atoms. The minimum Gasteiger partial charge on any atom is -0.491 e. The van der Waals surface area contributed by atoms with Gasteiger partial charge in [0, 0.05) is 11.1 Å². The number of hydrogen-bond donors (Lipinski definition) is 1. The predicted molar refractivity (Wildman–Crippen MR) is 179 cm³/mol. The van der Waals surface area contributed by atoms with Crippen molar-refractivity contribution < 1.29 is 33.2 Å². The molecule has 1 aliphatic carbocycles. The maximum atomic E-state index is 6.45. The van der Waals surface area contributed by atoms with E-state index in [9.17, 15) is 0 Å². The van der Waals surface area contributed by atoms with Crippen LogP contribution in [0.3, 0.4) is 0 Å². The smallest absolute Gasteiger partial charge is 0.128 e. The van der Waals surface area contributed by atoms with Crippen molar-refractivity contribution in [2.45, 2.75) is 43.4 Å². The minimum absolute atomic E-state index is 0.262. The number of rotatable bonds is 0. The van der Waals surface area contributed by atoms with E-state index in [2.05, 4.69) is 78.1 Å². The number of benzene rings is 4. The third-order valence-electron chi connectivity index (χ3n) is 9.28. The Balaban J connectivity index is 1.11. The third-order valence-corrected chi connectivity index (χ3v) is 9.28. The summed E-state index contributed by atoms with van der Waals surface area (Å²) in [6.45, 7) is 5.21. The van der Waals surface area contributed by atoms with Gasteiger partial charge in [0.15, 0.2) is 0 Å². The summed E-state index contributed by atoms with van der Waals surface area (Å²) in [5.74, 6) is 1.59. The van der Waals surface area contributed by atoms with E-state index < -0.39 is 0 Å². The first-order valence-electron chi connectivity index (χ1n) is 16.8. The second-order valence-corrected chi connectivity index (χ2v) is 12.6. The second kappa shape index (κ2) is 14.7. The Hall–Kier alpha value is -3.24. The molecular formula is C38H45NO7. The van der Waals surface area contributed by atoms with Crippen LogP contribution in [0, 0.1) is 0 Å². The van der Waals surface area contributed by atoms with Crippen molar-refractivity contribution >= 4 is 21.5 Å². The van der Waals surface area contributed by atoms with Crippen LogP contribution in [0.25, 0.3) is 32.7 Å². The molecule has 2 fully saturated rings. The van der Waals surface area contributed by atoms with Gasteiger partial charge in [-0.25, -0.2) is 0 Å². The van der Waals surface area contributed by atoms with Gasteiger partial charge in [0.25, 0.3) is 0 Å². The summed E-state index contributed by atoms with van der Waals surface area (Å²) in [6.07, 6.45) is 5.67. The van der Waals surface area contributed by atoms with Crippen LogP contribution in [0.4, 0.5) is 0 Å². The highest BCUT2D eigenvalue weighted by Crippen LogP contribution is 2.45. The van der Waals surface area contributed by atoms with E-state index in [1.165, 1.54) is 19.3 Å². The molecule has 8 nitrogen and oxygen atoms in total. The van der Waals surface area contributed by atoms with E-state index in [1.54, 1.807) is 0 Å². The van der Waals surface area contributed by atoms with Gasteiger partial charge in [-0.1, -0.05) is 67.1 Å². The summed E-state index contributed by atoms with van der Waals surface area (Å²) in [4.78, 5) is 0. The van der Waals surface area contributed by atoms with Crippen LogP contribution >= 0.6 is 0 Å². The van der Waals surface area contributed by atoms with E-state index in [4.69, 9.17) is 33.2 Å². The number of nitrogens with one attached hydrogen (secondary N) is 1. The SMILES string of the molecule is c1ccc2c3c(ccc2c1)OCCOCCOCC1(COCCOCCOc2ccc4ccccc4c2-3)COC2(CCCCC2)N1. The van der Waals surface area contributed by atoms with Gasteiger partial charge in [-0.05, 0) is 59.4 Å². The van der Waals surface area contributed by atoms with E-state index in [1.807, 2.05) is 0 Å². The van der Waals surface area contributed by atoms with Gasteiger partial charge in [-0.15, -0.1) is 0 Å². The second-order valence-electron chi connectivity index (χ2n) is 12.6. The number of fused-ring (bicyclic) bond motifs is 7. The Labute approximate surface area is 271 Å². The molecule has 2 heterocycles. The Kier molecular flexibility index (Phi) is 10.0. The van der Waals surface area contributed by atoms with Crippen LogP contribution in [0.15, 0.2) is 72.8 Å². The van der Waals surface area contributed by atoms with Crippen LogP contribution in [-0.2, 0) is 23.7 Å². The van der Waals surface area contributed by atoms with Gasteiger partial charge in [-0.3, -0.25) is 5.32 Å². The summed E-state index contributed by atoms with van der Waals surface area (Å²) in [7, 11) is 0. The van der Waals surface area contributed by atoms with Crippen LogP contribution in [0.5, 0.6) is 11.5 Å². The van der Waals surface area contributed by atoms with Crippen molar-refractivity contribution in [3.63, 3.8) is 0 Å². The van der Waals surface area contributed by atoms with Gasteiger partial charge in [0.2, 0.25) is 0 Å². The van der Waals surface area contributed by atoms with Gasteiger partial charge in [0.1, 0.15) is 30.4 Å². The molecule has 3 aliphatic rings. The van der Waals surface area contributed by atoms with Crippen LogP contribution in [0.2, 0.25) is 0 Å². The summed E-state index contributed by atoms with van der Waals surface area (Å²) in [5, 5.41) is 8.31. The first-order chi connectivity index (χ1) is 22.7. The maximum absolute atomic E-state index is 6.45. The molecule has 0 atom stereocenters. The monoisotopic (exact) mass is 627 g/mol.